The minimum absolute atomic E-state index is 0.0803. The third-order valence-electron chi connectivity index (χ3n) is 3.49. The normalized spacial score (nSPS) is 10.5. The van der Waals surface area contributed by atoms with Crippen LogP contribution < -0.4 is 11.4 Å². The van der Waals surface area contributed by atoms with Crippen LogP contribution in [-0.2, 0) is 6.42 Å². The van der Waals surface area contributed by atoms with E-state index in [2.05, 4.69) is 0 Å². The molecule has 0 fully saturated rings. The molecule has 22 heavy (non-hydrogen) atoms. The minimum atomic E-state index is -0.575. The molecule has 4 nitrogen and oxygen atoms in total. The SMILES string of the molecule is Nc1c(-c2ccccc2)oc(=O)c(Cc2ccccc2)c1O. The van der Waals surface area contributed by atoms with Gasteiger partial charge in [-0.1, -0.05) is 60.7 Å². The van der Waals surface area contributed by atoms with Gasteiger partial charge in [0.05, 0.1) is 5.56 Å². The quantitative estimate of drug-likeness (QED) is 0.777. The number of nitrogen functional groups attached to an aromatic ring is 1. The van der Waals surface area contributed by atoms with Crippen LogP contribution in [0.1, 0.15) is 11.1 Å². The molecule has 0 aliphatic rings. The van der Waals surface area contributed by atoms with Crippen molar-refractivity contribution in [2.45, 2.75) is 6.42 Å². The molecule has 0 atom stereocenters. The van der Waals surface area contributed by atoms with E-state index in [1.54, 1.807) is 12.1 Å². The summed E-state index contributed by atoms with van der Waals surface area (Å²) in [6.45, 7) is 0. The Balaban J connectivity index is 2.08. The molecule has 0 unspecified atom stereocenters. The van der Waals surface area contributed by atoms with Gasteiger partial charge in [0.1, 0.15) is 5.69 Å². The molecule has 110 valence electrons. The van der Waals surface area contributed by atoms with Crippen LogP contribution in [0.3, 0.4) is 0 Å². The van der Waals surface area contributed by atoms with Crippen molar-refractivity contribution in [2.75, 3.05) is 5.73 Å². The van der Waals surface area contributed by atoms with Crippen LogP contribution in [0.25, 0.3) is 11.3 Å². The molecule has 0 amide bonds. The topological polar surface area (TPSA) is 76.5 Å². The van der Waals surface area contributed by atoms with Crippen molar-refractivity contribution >= 4 is 5.69 Å². The molecule has 0 aliphatic heterocycles. The molecular weight excluding hydrogens is 278 g/mol. The van der Waals surface area contributed by atoms with Crippen molar-refractivity contribution in [1.82, 2.24) is 0 Å². The Labute approximate surface area is 127 Å². The van der Waals surface area contributed by atoms with Gasteiger partial charge in [-0.25, -0.2) is 4.79 Å². The second-order valence-electron chi connectivity index (χ2n) is 4.99. The summed E-state index contributed by atoms with van der Waals surface area (Å²) < 4.78 is 5.34. The largest absolute Gasteiger partial charge is 0.505 e. The Morgan fingerprint density at radius 2 is 1.55 bits per heavy atom. The van der Waals surface area contributed by atoms with Gasteiger partial charge in [-0.05, 0) is 5.56 Å². The van der Waals surface area contributed by atoms with E-state index in [1.807, 2.05) is 48.5 Å². The molecule has 0 spiro atoms. The highest BCUT2D eigenvalue weighted by Crippen LogP contribution is 2.33. The lowest BCUT2D eigenvalue weighted by molar-refractivity contribution is 0.447. The highest BCUT2D eigenvalue weighted by Gasteiger charge is 2.18. The number of hydrogen-bond donors (Lipinski definition) is 2. The maximum atomic E-state index is 12.2. The monoisotopic (exact) mass is 293 g/mol. The lowest BCUT2D eigenvalue weighted by Gasteiger charge is -2.10. The molecule has 0 aliphatic carbocycles. The van der Waals surface area contributed by atoms with Gasteiger partial charge < -0.3 is 15.3 Å². The summed E-state index contributed by atoms with van der Waals surface area (Å²) in [4.78, 5) is 12.2. The summed E-state index contributed by atoms with van der Waals surface area (Å²) >= 11 is 0. The van der Waals surface area contributed by atoms with Gasteiger partial charge in [-0.2, -0.15) is 0 Å². The van der Waals surface area contributed by atoms with Crippen LogP contribution in [0.15, 0.2) is 69.9 Å². The fourth-order valence-electron chi connectivity index (χ4n) is 2.34. The number of rotatable bonds is 3. The van der Waals surface area contributed by atoms with E-state index in [0.29, 0.717) is 5.56 Å². The van der Waals surface area contributed by atoms with Crippen LogP contribution in [0.5, 0.6) is 5.75 Å². The van der Waals surface area contributed by atoms with Gasteiger partial charge in [0, 0.05) is 12.0 Å². The van der Waals surface area contributed by atoms with Gasteiger partial charge in [-0.3, -0.25) is 0 Å². The molecule has 1 aromatic heterocycles. The van der Waals surface area contributed by atoms with Crippen LogP contribution in [0, 0.1) is 0 Å². The summed E-state index contributed by atoms with van der Waals surface area (Å²) in [5, 5.41) is 10.3. The molecular formula is C18H15NO3. The van der Waals surface area contributed by atoms with E-state index in [1.165, 1.54) is 0 Å². The minimum Gasteiger partial charge on any atom is -0.505 e. The molecule has 3 rings (SSSR count). The first-order valence-electron chi connectivity index (χ1n) is 6.90. The van der Waals surface area contributed by atoms with Crippen molar-refractivity contribution in [3.05, 3.63) is 82.2 Å². The number of aromatic hydroxyl groups is 1. The predicted octanol–water partition coefficient (Wildman–Crippen LogP) is 3.19. The average molecular weight is 293 g/mol. The van der Waals surface area contributed by atoms with Crippen LogP contribution >= 0.6 is 0 Å². The van der Waals surface area contributed by atoms with Crippen LogP contribution in [0.2, 0.25) is 0 Å². The molecule has 0 radical (unpaired) electrons. The number of anilines is 1. The summed E-state index contributed by atoms with van der Waals surface area (Å²) in [6, 6.07) is 18.4. The van der Waals surface area contributed by atoms with Crippen LogP contribution in [0.4, 0.5) is 5.69 Å². The Morgan fingerprint density at radius 3 is 2.18 bits per heavy atom. The van der Waals surface area contributed by atoms with Crippen molar-refractivity contribution in [3.63, 3.8) is 0 Å². The van der Waals surface area contributed by atoms with Gasteiger partial charge >= 0.3 is 5.63 Å². The van der Waals surface area contributed by atoms with Crippen LogP contribution in [-0.4, -0.2) is 5.11 Å². The van der Waals surface area contributed by atoms with Gasteiger partial charge in [0.2, 0.25) is 0 Å². The van der Waals surface area contributed by atoms with E-state index >= 15 is 0 Å². The molecule has 3 aromatic rings. The Hall–Kier alpha value is -3.01. The van der Waals surface area contributed by atoms with Crippen molar-refractivity contribution in [2.24, 2.45) is 0 Å². The maximum Gasteiger partial charge on any atom is 0.343 e. The van der Waals surface area contributed by atoms with Gasteiger partial charge in [0.25, 0.3) is 0 Å². The first-order chi connectivity index (χ1) is 10.7. The summed E-state index contributed by atoms with van der Waals surface area (Å²) in [6.07, 6.45) is 0.272. The third-order valence-corrected chi connectivity index (χ3v) is 3.49. The maximum absolute atomic E-state index is 12.2. The molecule has 2 aromatic carbocycles. The smallest absolute Gasteiger partial charge is 0.343 e. The van der Waals surface area contributed by atoms with E-state index < -0.39 is 5.63 Å². The zero-order valence-electron chi connectivity index (χ0n) is 11.8. The first-order valence-corrected chi connectivity index (χ1v) is 6.90. The van der Waals surface area contributed by atoms with Crippen molar-refractivity contribution < 1.29 is 9.52 Å². The lowest BCUT2D eigenvalue weighted by Crippen LogP contribution is -2.11. The second-order valence-corrected chi connectivity index (χ2v) is 4.99. The summed E-state index contributed by atoms with van der Waals surface area (Å²) in [5.41, 5.74) is 7.18. The van der Waals surface area contributed by atoms with E-state index in [4.69, 9.17) is 10.2 Å². The standard InChI is InChI=1S/C18H15NO3/c19-15-16(20)14(11-12-7-3-1-4-8-12)18(21)22-17(15)13-9-5-2-6-10-13/h1-10,20H,11,19H2. The number of hydrogen-bond acceptors (Lipinski definition) is 4. The van der Waals surface area contributed by atoms with E-state index in [9.17, 15) is 9.90 Å². The first kappa shape index (κ1) is 13.9. The molecule has 3 N–H and O–H groups in total. The Morgan fingerprint density at radius 1 is 0.955 bits per heavy atom. The lowest BCUT2D eigenvalue weighted by atomic mass is 10.0. The molecule has 0 saturated carbocycles. The molecule has 0 bridgehead atoms. The van der Waals surface area contributed by atoms with E-state index in [-0.39, 0.29) is 29.2 Å². The molecule has 1 heterocycles. The Bertz CT molecular complexity index is 839. The molecule has 4 heteroatoms. The van der Waals surface area contributed by atoms with Gasteiger partial charge in [0.15, 0.2) is 11.5 Å². The Kier molecular flexibility index (Phi) is 3.66. The fourth-order valence-corrected chi connectivity index (χ4v) is 2.34. The highest BCUT2D eigenvalue weighted by atomic mass is 16.4. The summed E-state index contributed by atoms with van der Waals surface area (Å²) in [7, 11) is 0. The second kappa shape index (κ2) is 5.77. The predicted molar refractivity (Wildman–Crippen MR) is 85.7 cm³/mol. The van der Waals surface area contributed by atoms with Gasteiger partial charge in [-0.15, -0.1) is 0 Å². The third kappa shape index (κ3) is 2.59. The van der Waals surface area contributed by atoms with E-state index in [0.717, 1.165) is 5.56 Å². The van der Waals surface area contributed by atoms with Crippen molar-refractivity contribution in [3.8, 4) is 17.1 Å². The summed E-state index contributed by atoms with van der Waals surface area (Å²) in [5.74, 6) is -0.0149. The number of nitrogens with two attached hydrogens (primary N) is 1. The highest BCUT2D eigenvalue weighted by molar-refractivity contribution is 5.76. The molecule has 0 saturated heterocycles. The van der Waals surface area contributed by atoms with Crippen molar-refractivity contribution in [1.29, 1.82) is 0 Å². The zero-order chi connectivity index (χ0) is 15.5. The number of benzene rings is 2. The zero-order valence-corrected chi connectivity index (χ0v) is 11.8. The average Bonchev–Trinajstić information content (AvgIpc) is 2.57. The fraction of sp³-hybridized carbons (Fsp3) is 0.0556.